The quantitative estimate of drug-likeness (QED) is 0.0887. The molecule has 43 heavy (non-hydrogen) atoms. The van der Waals surface area contributed by atoms with Gasteiger partial charge in [0.25, 0.3) is 0 Å². The number of hydrogen-bond donors (Lipinski definition) is 1. The Morgan fingerprint density at radius 2 is 0.814 bits per heavy atom. The van der Waals surface area contributed by atoms with Gasteiger partial charge in [-0.25, -0.2) is 0 Å². The SMILES string of the molecule is CCCCCCCCOC(C)Cc1ccc(O)c(CC(C)OCCCCCCCC)c1CC(C)OCCCCCCCC. The first-order chi connectivity index (χ1) is 20.9. The maximum absolute atomic E-state index is 11.1. The minimum atomic E-state index is 0.0660. The first-order valence-corrected chi connectivity index (χ1v) is 18.6. The van der Waals surface area contributed by atoms with Gasteiger partial charge in [-0.15, -0.1) is 0 Å². The average molecular weight is 605 g/mol. The Morgan fingerprint density at radius 3 is 1.23 bits per heavy atom. The molecule has 1 N–H and O–H groups in total. The van der Waals surface area contributed by atoms with Crippen LogP contribution in [0.2, 0.25) is 0 Å². The van der Waals surface area contributed by atoms with Crippen molar-refractivity contribution in [2.75, 3.05) is 19.8 Å². The number of aromatic hydroxyl groups is 1. The van der Waals surface area contributed by atoms with Crippen molar-refractivity contribution in [3.63, 3.8) is 0 Å². The smallest absolute Gasteiger partial charge is 0.119 e. The molecular formula is C39H72O4. The fourth-order valence-electron chi connectivity index (χ4n) is 5.96. The highest BCUT2D eigenvalue weighted by Crippen LogP contribution is 2.30. The van der Waals surface area contributed by atoms with Gasteiger partial charge in [0.2, 0.25) is 0 Å². The zero-order valence-corrected chi connectivity index (χ0v) is 29.5. The van der Waals surface area contributed by atoms with Gasteiger partial charge in [0.1, 0.15) is 5.75 Å². The van der Waals surface area contributed by atoms with Crippen LogP contribution in [0.4, 0.5) is 0 Å². The summed E-state index contributed by atoms with van der Waals surface area (Å²) in [7, 11) is 0. The van der Waals surface area contributed by atoms with Gasteiger partial charge >= 0.3 is 0 Å². The van der Waals surface area contributed by atoms with E-state index in [0.717, 1.165) is 63.9 Å². The molecule has 1 aromatic rings. The predicted octanol–water partition coefficient (Wildman–Crippen LogP) is 11.3. The maximum Gasteiger partial charge on any atom is 0.119 e. The molecule has 0 radical (unpaired) electrons. The molecule has 0 aliphatic heterocycles. The van der Waals surface area contributed by atoms with Crippen molar-refractivity contribution in [3.8, 4) is 5.75 Å². The lowest BCUT2D eigenvalue weighted by molar-refractivity contribution is 0.0574. The van der Waals surface area contributed by atoms with Crippen LogP contribution in [-0.4, -0.2) is 43.2 Å². The number of rotatable bonds is 30. The van der Waals surface area contributed by atoms with Gasteiger partial charge in [-0.05, 0) is 75.6 Å². The molecule has 3 atom stereocenters. The van der Waals surface area contributed by atoms with E-state index in [4.69, 9.17) is 14.2 Å². The number of phenolic OH excluding ortho intramolecular Hbond substituents is 1. The van der Waals surface area contributed by atoms with E-state index < -0.39 is 0 Å². The molecule has 4 heteroatoms. The predicted molar refractivity (Wildman–Crippen MR) is 186 cm³/mol. The summed E-state index contributed by atoms with van der Waals surface area (Å²) in [5.41, 5.74) is 3.55. The molecule has 4 nitrogen and oxygen atoms in total. The van der Waals surface area contributed by atoms with Crippen LogP contribution in [0.25, 0.3) is 0 Å². The summed E-state index contributed by atoms with van der Waals surface area (Å²) in [6.07, 6.45) is 25.6. The van der Waals surface area contributed by atoms with Crippen molar-refractivity contribution >= 4 is 0 Å². The molecule has 1 rings (SSSR count). The standard InChI is InChI=1S/C39H72O4/c1-7-10-13-16-19-22-27-41-33(4)30-36-25-26-39(40)38(32-35(6)43-29-24-21-18-15-12-9-3)37(36)31-34(5)42-28-23-20-17-14-11-8-2/h25-26,33-35,40H,7-24,27-32H2,1-6H3. The summed E-state index contributed by atoms with van der Waals surface area (Å²) in [5, 5.41) is 11.1. The molecule has 0 saturated heterocycles. The Labute approximate surface area is 268 Å². The number of hydrogen-bond acceptors (Lipinski definition) is 4. The summed E-state index contributed by atoms with van der Waals surface area (Å²) < 4.78 is 18.8. The van der Waals surface area contributed by atoms with E-state index in [1.54, 1.807) is 0 Å². The van der Waals surface area contributed by atoms with Gasteiger partial charge in [0, 0.05) is 26.2 Å². The molecule has 3 unspecified atom stereocenters. The van der Waals surface area contributed by atoms with Gasteiger partial charge in [0.15, 0.2) is 0 Å². The first kappa shape index (κ1) is 39.9. The van der Waals surface area contributed by atoms with Crippen molar-refractivity contribution in [2.45, 2.75) is 195 Å². The Kier molecular flexibility index (Phi) is 25.3. The Balaban J connectivity index is 2.79. The lowest BCUT2D eigenvalue weighted by atomic mass is 9.90. The van der Waals surface area contributed by atoms with Gasteiger partial charge in [-0.1, -0.05) is 123 Å². The van der Waals surface area contributed by atoms with Crippen LogP contribution in [0.5, 0.6) is 5.75 Å². The zero-order chi connectivity index (χ0) is 31.5. The van der Waals surface area contributed by atoms with E-state index in [0.29, 0.717) is 5.75 Å². The average Bonchev–Trinajstić information content (AvgIpc) is 2.99. The lowest BCUT2D eigenvalue weighted by Crippen LogP contribution is -2.20. The van der Waals surface area contributed by atoms with Gasteiger partial charge in [-0.2, -0.15) is 0 Å². The summed E-state index contributed by atoms with van der Waals surface area (Å²) in [6.45, 7) is 15.8. The van der Waals surface area contributed by atoms with Gasteiger partial charge in [0.05, 0.1) is 18.3 Å². The number of phenols is 1. The molecule has 0 heterocycles. The van der Waals surface area contributed by atoms with E-state index in [1.165, 1.54) is 107 Å². The second kappa shape index (κ2) is 27.2. The van der Waals surface area contributed by atoms with E-state index in [9.17, 15) is 5.11 Å². The highest BCUT2D eigenvalue weighted by molar-refractivity contribution is 5.45. The fraction of sp³-hybridized carbons (Fsp3) is 0.846. The van der Waals surface area contributed by atoms with Gasteiger partial charge < -0.3 is 19.3 Å². The topological polar surface area (TPSA) is 47.9 Å². The van der Waals surface area contributed by atoms with Crippen LogP contribution in [0.1, 0.15) is 174 Å². The van der Waals surface area contributed by atoms with E-state index in [1.807, 2.05) is 6.07 Å². The number of ether oxygens (including phenoxy) is 3. The van der Waals surface area contributed by atoms with Crippen molar-refractivity contribution < 1.29 is 19.3 Å². The molecule has 0 aliphatic rings. The molecule has 0 aromatic heterocycles. The zero-order valence-electron chi connectivity index (χ0n) is 29.5. The molecule has 252 valence electrons. The third kappa shape index (κ3) is 20.5. The largest absolute Gasteiger partial charge is 0.508 e. The van der Waals surface area contributed by atoms with E-state index in [2.05, 4.69) is 47.6 Å². The van der Waals surface area contributed by atoms with Crippen LogP contribution in [0.3, 0.4) is 0 Å². The summed E-state index contributed by atoms with van der Waals surface area (Å²) in [5.74, 6) is 0.387. The number of benzene rings is 1. The van der Waals surface area contributed by atoms with Gasteiger partial charge in [-0.3, -0.25) is 0 Å². The Bertz CT molecular complexity index is 764. The second-order valence-electron chi connectivity index (χ2n) is 13.2. The van der Waals surface area contributed by atoms with Crippen LogP contribution in [0, 0.1) is 0 Å². The van der Waals surface area contributed by atoms with Crippen LogP contribution >= 0.6 is 0 Å². The van der Waals surface area contributed by atoms with E-state index in [-0.39, 0.29) is 18.3 Å². The minimum absolute atomic E-state index is 0.0660. The van der Waals surface area contributed by atoms with Crippen molar-refractivity contribution in [1.29, 1.82) is 0 Å². The highest BCUT2D eigenvalue weighted by Gasteiger charge is 2.20. The molecule has 0 bridgehead atoms. The molecule has 0 fully saturated rings. The highest BCUT2D eigenvalue weighted by atomic mass is 16.5. The molecule has 0 amide bonds. The Hall–Kier alpha value is -1.10. The fourth-order valence-corrected chi connectivity index (χ4v) is 5.96. The monoisotopic (exact) mass is 605 g/mol. The van der Waals surface area contributed by atoms with Crippen molar-refractivity contribution in [1.82, 2.24) is 0 Å². The van der Waals surface area contributed by atoms with Crippen LogP contribution < -0.4 is 0 Å². The normalized spacial score (nSPS) is 13.8. The third-order valence-corrected chi connectivity index (χ3v) is 8.69. The molecule has 0 spiro atoms. The van der Waals surface area contributed by atoms with E-state index >= 15 is 0 Å². The van der Waals surface area contributed by atoms with Crippen LogP contribution in [-0.2, 0) is 33.5 Å². The molecule has 1 aromatic carbocycles. The minimum Gasteiger partial charge on any atom is -0.508 e. The molecule has 0 saturated carbocycles. The summed E-state index contributed by atoms with van der Waals surface area (Å²) >= 11 is 0. The van der Waals surface area contributed by atoms with Crippen LogP contribution in [0.15, 0.2) is 12.1 Å². The maximum atomic E-state index is 11.1. The lowest BCUT2D eigenvalue weighted by Gasteiger charge is -2.24. The first-order valence-electron chi connectivity index (χ1n) is 18.6. The molecular weight excluding hydrogens is 532 g/mol. The molecule has 0 aliphatic carbocycles. The van der Waals surface area contributed by atoms with Crippen molar-refractivity contribution in [2.24, 2.45) is 0 Å². The summed E-state index contributed by atoms with van der Waals surface area (Å²) in [4.78, 5) is 0. The van der Waals surface area contributed by atoms with Crippen molar-refractivity contribution in [3.05, 3.63) is 28.8 Å². The third-order valence-electron chi connectivity index (χ3n) is 8.69. The Morgan fingerprint density at radius 1 is 0.465 bits per heavy atom. The second-order valence-corrected chi connectivity index (χ2v) is 13.2. The number of unbranched alkanes of at least 4 members (excludes halogenated alkanes) is 15. The summed E-state index contributed by atoms with van der Waals surface area (Å²) in [6, 6.07) is 4.00.